The molecule has 0 bridgehead atoms. The lowest BCUT2D eigenvalue weighted by Crippen LogP contribution is -2.27. The molecule has 1 aromatic heterocycles. The van der Waals surface area contributed by atoms with Gasteiger partial charge in [0.2, 0.25) is 0 Å². The van der Waals surface area contributed by atoms with Crippen LogP contribution in [0.4, 0.5) is 26.3 Å². The minimum atomic E-state index is -4.49. The molecule has 1 heterocycles. The molecule has 1 amide bonds. The zero-order valence-electron chi connectivity index (χ0n) is 17.2. The number of aryl methyl sites for hydroxylation is 2. The second kappa shape index (κ2) is 8.72. The average molecular weight is 454 g/mol. The van der Waals surface area contributed by atoms with Gasteiger partial charge in [-0.1, -0.05) is 24.3 Å². The number of alkyl halides is 6. The predicted molar refractivity (Wildman–Crippen MR) is 107 cm³/mol. The standard InChI is InChI=1S/C23H20F6N2O/c1-14-9-15(2)31(13-17-6-4-8-19(11-17)23(27,28)29)20(14)21(32)30-12-16-5-3-7-18(10-16)22(24,25)26/h3-11H,12-13H2,1-2H3,(H,30,32). The first kappa shape index (κ1) is 23.4. The Morgan fingerprint density at radius 1 is 0.844 bits per heavy atom. The van der Waals surface area contributed by atoms with Crippen LogP contribution in [0.25, 0.3) is 0 Å². The molecule has 9 heteroatoms. The molecule has 32 heavy (non-hydrogen) atoms. The van der Waals surface area contributed by atoms with Crippen LogP contribution >= 0.6 is 0 Å². The summed E-state index contributed by atoms with van der Waals surface area (Å²) in [6.07, 6.45) is -8.98. The summed E-state index contributed by atoms with van der Waals surface area (Å²) in [5.74, 6) is -0.528. The van der Waals surface area contributed by atoms with E-state index in [1.807, 2.05) is 0 Å². The van der Waals surface area contributed by atoms with E-state index in [2.05, 4.69) is 5.32 Å². The zero-order chi connectivity index (χ0) is 23.7. The van der Waals surface area contributed by atoms with Gasteiger partial charge in [0.25, 0.3) is 5.91 Å². The lowest BCUT2D eigenvalue weighted by Gasteiger charge is -2.15. The van der Waals surface area contributed by atoms with Crippen LogP contribution in [0.5, 0.6) is 0 Å². The molecule has 0 fully saturated rings. The molecule has 2 aromatic carbocycles. The van der Waals surface area contributed by atoms with Crippen LogP contribution in [-0.2, 0) is 25.4 Å². The Morgan fingerprint density at radius 3 is 1.94 bits per heavy atom. The average Bonchev–Trinajstić information content (AvgIpc) is 2.98. The molecule has 3 nitrogen and oxygen atoms in total. The van der Waals surface area contributed by atoms with Crippen molar-refractivity contribution in [3.05, 3.63) is 93.8 Å². The van der Waals surface area contributed by atoms with E-state index in [-0.39, 0.29) is 24.3 Å². The highest BCUT2D eigenvalue weighted by molar-refractivity contribution is 5.94. The van der Waals surface area contributed by atoms with E-state index in [0.717, 1.165) is 24.3 Å². The minimum absolute atomic E-state index is 0.0376. The van der Waals surface area contributed by atoms with Crippen LogP contribution in [0.3, 0.4) is 0 Å². The largest absolute Gasteiger partial charge is 0.416 e. The number of aromatic nitrogens is 1. The Morgan fingerprint density at radius 2 is 1.38 bits per heavy atom. The second-order valence-electron chi connectivity index (χ2n) is 7.48. The number of amides is 1. The summed E-state index contributed by atoms with van der Waals surface area (Å²) in [5.41, 5.74) is 0.562. The third-order valence-electron chi connectivity index (χ3n) is 5.01. The predicted octanol–water partition coefficient (Wildman–Crippen LogP) is 6.12. The summed E-state index contributed by atoms with van der Waals surface area (Å²) in [5, 5.41) is 2.60. The van der Waals surface area contributed by atoms with Crippen molar-refractivity contribution in [1.29, 1.82) is 0 Å². The Bertz CT molecular complexity index is 1130. The molecule has 170 valence electrons. The number of carbonyl (C=O) groups is 1. The number of hydrogen-bond acceptors (Lipinski definition) is 1. The smallest absolute Gasteiger partial charge is 0.347 e. The molecule has 0 atom stereocenters. The van der Waals surface area contributed by atoms with Crippen LogP contribution in [0.2, 0.25) is 0 Å². The molecule has 0 unspecified atom stereocenters. The molecule has 0 saturated heterocycles. The van der Waals surface area contributed by atoms with E-state index in [1.165, 1.54) is 24.3 Å². The molecule has 3 aromatic rings. The Labute approximate surface area is 180 Å². The van der Waals surface area contributed by atoms with Gasteiger partial charge in [-0.05, 0) is 60.9 Å². The van der Waals surface area contributed by atoms with Gasteiger partial charge in [0.15, 0.2) is 0 Å². The third kappa shape index (κ3) is 5.33. The van der Waals surface area contributed by atoms with Gasteiger partial charge in [-0.3, -0.25) is 4.79 Å². The van der Waals surface area contributed by atoms with E-state index >= 15 is 0 Å². The SMILES string of the molecule is Cc1cc(C)n(Cc2cccc(C(F)(F)F)c2)c1C(=O)NCc1cccc(C(F)(F)F)c1. The maximum absolute atomic E-state index is 13.0. The van der Waals surface area contributed by atoms with E-state index in [0.29, 0.717) is 16.8 Å². The first-order valence-electron chi connectivity index (χ1n) is 9.63. The maximum Gasteiger partial charge on any atom is 0.416 e. The van der Waals surface area contributed by atoms with E-state index < -0.39 is 29.4 Å². The maximum atomic E-state index is 13.0. The fourth-order valence-electron chi connectivity index (χ4n) is 3.51. The van der Waals surface area contributed by atoms with Crippen LogP contribution in [0, 0.1) is 13.8 Å². The van der Waals surface area contributed by atoms with Crippen LogP contribution < -0.4 is 5.32 Å². The van der Waals surface area contributed by atoms with E-state index in [4.69, 9.17) is 0 Å². The molecule has 0 saturated carbocycles. The summed E-state index contributed by atoms with van der Waals surface area (Å²) < 4.78 is 79.3. The quantitative estimate of drug-likeness (QED) is 0.463. The zero-order valence-corrected chi connectivity index (χ0v) is 17.2. The van der Waals surface area contributed by atoms with Gasteiger partial charge in [-0.2, -0.15) is 26.3 Å². The van der Waals surface area contributed by atoms with Crippen LogP contribution in [-0.4, -0.2) is 10.5 Å². The third-order valence-corrected chi connectivity index (χ3v) is 5.01. The first-order valence-corrected chi connectivity index (χ1v) is 9.63. The van der Waals surface area contributed by atoms with E-state index in [9.17, 15) is 31.1 Å². The van der Waals surface area contributed by atoms with Crippen molar-refractivity contribution in [2.24, 2.45) is 0 Å². The second-order valence-corrected chi connectivity index (χ2v) is 7.48. The Kier molecular flexibility index (Phi) is 6.39. The van der Waals surface area contributed by atoms with Crippen molar-refractivity contribution in [2.45, 2.75) is 39.3 Å². The molecule has 0 radical (unpaired) electrons. The van der Waals surface area contributed by atoms with Crippen LogP contribution in [0.1, 0.15) is 44.0 Å². The number of nitrogens with zero attached hydrogens (tertiary/aromatic N) is 1. The number of carbonyl (C=O) groups excluding carboxylic acids is 1. The summed E-state index contributed by atoms with van der Waals surface area (Å²) in [7, 11) is 0. The van der Waals surface area contributed by atoms with Crippen molar-refractivity contribution < 1.29 is 31.1 Å². The first-order chi connectivity index (χ1) is 14.9. The van der Waals surface area contributed by atoms with E-state index in [1.54, 1.807) is 24.5 Å². The molecule has 0 aliphatic rings. The molecule has 0 aliphatic heterocycles. The lowest BCUT2D eigenvalue weighted by atomic mass is 10.1. The van der Waals surface area contributed by atoms with Crippen molar-refractivity contribution >= 4 is 5.91 Å². The van der Waals surface area contributed by atoms with Crippen molar-refractivity contribution in [1.82, 2.24) is 9.88 Å². The summed E-state index contributed by atoms with van der Waals surface area (Å²) in [6.45, 7) is 3.32. The summed E-state index contributed by atoms with van der Waals surface area (Å²) in [6, 6.07) is 11.2. The van der Waals surface area contributed by atoms with Gasteiger partial charge in [0.1, 0.15) is 5.69 Å². The van der Waals surface area contributed by atoms with Gasteiger partial charge in [0, 0.05) is 18.8 Å². The summed E-state index contributed by atoms with van der Waals surface area (Å²) >= 11 is 0. The lowest BCUT2D eigenvalue weighted by molar-refractivity contribution is -0.138. The topological polar surface area (TPSA) is 34.0 Å². The van der Waals surface area contributed by atoms with Crippen molar-refractivity contribution in [3.63, 3.8) is 0 Å². The Balaban J connectivity index is 1.82. The fourth-order valence-corrected chi connectivity index (χ4v) is 3.51. The normalized spacial score (nSPS) is 12.1. The van der Waals surface area contributed by atoms with Gasteiger partial charge in [0.05, 0.1) is 11.1 Å². The highest BCUT2D eigenvalue weighted by Crippen LogP contribution is 2.31. The highest BCUT2D eigenvalue weighted by Gasteiger charge is 2.31. The van der Waals surface area contributed by atoms with Gasteiger partial charge < -0.3 is 9.88 Å². The molecular formula is C23H20F6N2O. The number of halogens is 6. The monoisotopic (exact) mass is 454 g/mol. The molecule has 3 rings (SSSR count). The molecular weight excluding hydrogens is 434 g/mol. The van der Waals surface area contributed by atoms with Crippen LogP contribution in [0.15, 0.2) is 54.6 Å². The number of nitrogens with one attached hydrogen (secondary N) is 1. The highest BCUT2D eigenvalue weighted by atomic mass is 19.4. The van der Waals surface area contributed by atoms with Crippen molar-refractivity contribution in [2.75, 3.05) is 0 Å². The number of hydrogen-bond donors (Lipinski definition) is 1. The van der Waals surface area contributed by atoms with Crippen molar-refractivity contribution in [3.8, 4) is 0 Å². The molecule has 0 spiro atoms. The molecule has 0 aliphatic carbocycles. The van der Waals surface area contributed by atoms with Gasteiger partial charge in [-0.25, -0.2) is 0 Å². The fraction of sp³-hybridized carbons (Fsp3) is 0.261. The van der Waals surface area contributed by atoms with Gasteiger partial charge in [-0.15, -0.1) is 0 Å². The Hall–Kier alpha value is -3.23. The summed E-state index contributed by atoms with van der Waals surface area (Å²) in [4.78, 5) is 12.8. The molecule has 1 N–H and O–H groups in total. The minimum Gasteiger partial charge on any atom is -0.347 e. The van der Waals surface area contributed by atoms with Gasteiger partial charge >= 0.3 is 12.4 Å². The number of benzene rings is 2. The number of rotatable bonds is 5.